The van der Waals surface area contributed by atoms with E-state index in [1.54, 1.807) is 22.8 Å². The molecule has 0 aliphatic heterocycles. The van der Waals surface area contributed by atoms with Gasteiger partial charge in [-0.25, -0.2) is 4.79 Å². The first-order chi connectivity index (χ1) is 16.9. The Kier molecular flexibility index (Phi) is 5.71. The summed E-state index contributed by atoms with van der Waals surface area (Å²) >= 11 is 1.40. The topological polar surface area (TPSA) is 101 Å². The second-order valence-corrected chi connectivity index (χ2v) is 9.47. The smallest absolute Gasteiger partial charge is 0.330 e. The Balaban J connectivity index is 1.75. The molecule has 8 heteroatoms. The van der Waals surface area contributed by atoms with Crippen LogP contribution in [0.2, 0.25) is 0 Å². The molecule has 0 aliphatic carbocycles. The Hall–Kier alpha value is -4.22. The number of carboxylic acid groups (broad SMARTS) is 1. The molecule has 1 atom stereocenters. The van der Waals surface area contributed by atoms with Gasteiger partial charge in [0.25, 0.3) is 0 Å². The van der Waals surface area contributed by atoms with Gasteiger partial charge in [0.2, 0.25) is 0 Å². The van der Waals surface area contributed by atoms with Crippen molar-refractivity contribution in [2.24, 2.45) is 0 Å². The number of nitrogens with zero attached hydrogens (tertiary/aromatic N) is 4. The number of nitriles is 1. The Labute approximate surface area is 205 Å². The number of aryl methyl sites for hydroxylation is 2. The molecule has 35 heavy (non-hydrogen) atoms. The minimum atomic E-state index is -1.01. The summed E-state index contributed by atoms with van der Waals surface area (Å²) in [6, 6.07) is 19.8. The zero-order valence-electron chi connectivity index (χ0n) is 19.2. The highest BCUT2D eigenvalue weighted by Gasteiger charge is 2.25. The highest BCUT2D eigenvalue weighted by Crippen LogP contribution is 2.30. The fourth-order valence-electron chi connectivity index (χ4n) is 4.78. The quantitative estimate of drug-likeness (QED) is 0.366. The highest BCUT2D eigenvalue weighted by atomic mass is 32.1. The molecule has 5 rings (SSSR count). The molecule has 7 nitrogen and oxygen atoms in total. The van der Waals surface area contributed by atoms with Gasteiger partial charge < -0.3 is 5.11 Å². The van der Waals surface area contributed by atoms with Crippen molar-refractivity contribution in [2.45, 2.75) is 32.9 Å². The Morgan fingerprint density at radius 1 is 1.11 bits per heavy atom. The van der Waals surface area contributed by atoms with Crippen molar-refractivity contribution in [3.63, 3.8) is 0 Å². The molecule has 3 aromatic carbocycles. The predicted molar refractivity (Wildman–Crippen MR) is 136 cm³/mol. The fraction of sp³-hybridized carbons (Fsp3) is 0.185. The zero-order valence-corrected chi connectivity index (χ0v) is 20.0. The van der Waals surface area contributed by atoms with Crippen LogP contribution in [0.5, 0.6) is 0 Å². The van der Waals surface area contributed by atoms with Crippen molar-refractivity contribution in [1.82, 2.24) is 13.5 Å². The number of fused-ring (bicyclic) bond motifs is 2. The molecule has 5 aromatic rings. The number of rotatable bonds is 6. The second kappa shape index (κ2) is 8.85. The van der Waals surface area contributed by atoms with E-state index in [0.717, 1.165) is 26.9 Å². The third-order valence-corrected chi connectivity index (χ3v) is 7.08. The molecule has 0 saturated carbocycles. The summed E-state index contributed by atoms with van der Waals surface area (Å²) in [5, 5.41) is 20.2. The normalized spacial score (nSPS) is 12.1. The lowest BCUT2D eigenvalue weighted by molar-refractivity contribution is -0.137. The molecule has 0 spiro atoms. The van der Waals surface area contributed by atoms with Crippen molar-refractivity contribution in [2.75, 3.05) is 0 Å². The van der Waals surface area contributed by atoms with Crippen LogP contribution in [0.3, 0.4) is 0 Å². The monoisotopic (exact) mass is 482 g/mol. The summed E-state index contributed by atoms with van der Waals surface area (Å²) in [6.45, 7) is 4.33. The maximum Gasteiger partial charge on any atom is 0.330 e. The van der Waals surface area contributed by atoms with Crippen LogP contribution >= 0.6 is 11.5 Å². The summed E-state index contributed by atoms with van der Waals surface area (Å²) in [6.07, 6.45) is -0.266. The van der Waals surface area contributed by atoms with Gasteiger partial charge in [0, 0.05) is 5.39 Å². The summed E-state index contributed by atoms with van der Waals surface area (Å²) in [5.74, 6) is -1.01. The summed E-state index contributed by atoms with van der Waals surface area (Å²) in [4.78, 5) is 25.7. The third-order valence-electron chi connectivity index (χ3n) is 6.25. The van der Waals surface area contributed by atoms with Crippen LogP contribution in [0.15, 0.2) is 65.5 Å². The minimum absolute atomic E-state index is 0.243. The first kappa shape index (κ1) is 22.6. The average molecular weight is 483 g/mol. The van der Waals surface area contributed by atoms with Gasteiger partial charge >= 0.3 is 11.7 Å². The van der Waals surface area contributed by atoms with Crippen LogP contribution in [0.1, 0.15) is 40.4 Å². The average Bonchev–Trinajstić information content (AvgIpc) is 3.36. The Morgan fingerprint density at radius 2 is 1.89 bits per heavy atom. The van der Waals surface area contributed by atoms with Gasteiger partial charge in [0.15, 0.2) is 0 Å². The van der Waals surface area contributed by atoms with E-state index in [4.69, 9.17) is 0 Å². The first-order valence-corrected chi connectivity index (χ1v) is 11.9. The molecule has 0 amide bonds. The van der Waals surface area contributed by atoms with E-state index in [1.807, 2.05) is 44.2 Å². The number of carbonyl (C=O) groups is 1. The summed E-state index contributed by atoms with van der Waals surface area (Å²) < 4.78 is 8.86. The number of aliphatic carboxylic acids is 1. The predicted octanol–water partition coefficient (Wildman–Crippen LogP) is 5.01. The van der Waals surface area contributed by atoms with Crippen LogP contribution in [-0.4, -0.2) is 24.6 Å². The van der Waals surface area contributed by atoms with Crippen LogP contribution in [-0.2, 0) is 11.3 Å². The molecule has 2 heterocycles. The lowest BCUT2D eigenvalue weighted by Crippen LogP contribution is -2.29. The second-order valence-electron chi connectivity index (χ2n) is 8.66. The van der Waals surface area contributed by atoms with Gasteiger partial charge in [-0.3, -0.25) is 13.9 Å². The standard InChI is InChI=1S/C27H22N4O3S/c1-16-10-17(2)26-20(29-35-24(26)11-16)15-30-21-9-8-18(14-28)12-23(21)31(27(30)34)22(13-25(32)33)19-6-4-3-5-7-19/h3-12,22H,13,15H2,1-2H3,(H,32,33). The van der Waals surface area contributed by atoms with Crippen molar-refractivity contribution < 1.29 is 9.90 Å². The van der Waals surface area contributed by atoms with Crippen LogP contribution < -0.4 is 5.69 Å². The summed E-state index contributed by atoms with van der Waals surface area (Å²) in [5.41, 5.74) is 4.98. The molecule has 0 aliphatic rings. The van der Waals surface area contributed by atoms with E-state index in [1.165, 1.54) is 16.1 Å². The van der Waals surface area contributed by atoms with Crippen molar-refractivity contribution in [3.05, 3.63) is 99.1 Å². The van der Waals surface area contributed by atoms with Crippen molar-refractivity contribution in [1.29, 1.82) is 5.26 Å². The fourth-order valence-corrected chi connectivity index (χ4v) is 5.75. The van der Waals surface area contributed by atoms with Gasteiger partial charge in [-0.2, -0.15) is 9.64 Å². The van der Waals surface area contributed by atoms with Crippen LogP contribution in [0, 0.1) is 25.2 Å². The van der Waals surface area contributed by atoms with Gasteiger partial charge in [-0.15, -0.1) is 0 Å². The third kappa shape index (κ3) is 4.00. The van der Waals surface area contributed by atoms with Gasteiger partial charge in [-0.1, -0.05) is 36.4 Å². The van der Waals surface area contributed by atoms with E-state index in [9.17, 15) is 20.0 Å². The molecule has 1 unspecified atom stereocenters. The minimum Gasteiger partial charge on any atom is -0.481 e. The number of imidazole rings is 1. The maximum atomic E-state index is 13.9. The molecule has 1 N–H and O–H groups in total. The first-order valence-electron chi connectivity index (χ1n) is 11.1. The number of aromatic nitrogens is 3. The molecular formula is C27H22N4O3S. The largest absolute Gasteiger partial charge is 0.481 e. The van der Waals surface area contributed by atoms with Crippen LogP contribution in [0.25, 0.3) is 21.1 Å². The molecule has 2 aromatic heterocycles. The molecular weight excluding hydrogens is 460 g/mol. The lowest BCUT2D eigenvalue weighted by atomic mass is 10.0. The van der Waals surface area contributed by atoms with E-state index in [-0.39, 0.29) is 18.7 Å². The summed E-state index contributed by atoms with van der Waals surface area (Å²) in [7, 11) is 0. The number of benzene rings is 3. The maximum absolute atomic E-state index is 13.9. The zero-order chi connectivity index (χ0) is 24.7. The van der Waals surface area contributed by atoms with Gasteiger partial charge in [-0.05, 0) is 66.3 Å². The van der Waals surface area contributed by atoms with Gasteiger partial charge in [0.05, 0.1) is 52.1 Å². The number of hydrogen-bond acceptors (Lipinski definition) is 5. The Morgan fingerprint density at radius 3 is 2.60 bits per heavy atom. The van der Waals surface area contributed by atoms with Crippen LogP contribution in [0.4, 0.5) is 0 Å². The van der Waals surface area contributed by atoms with Crippen molar-refractivity contribution >= 4 is 38.6 Å². The molecule has 0 saturated heterocycles. The van der Waals surface area contributed by atoms with Crippen molar-refractivity contribution in [3.8, 4) is 6.07 Å². The number of carboxylic acids is 1. The molecule has 0 fully saturated rings. The molecule has 0 bridgehead atoms. The van der Waals surface area contributed by atoms with E-state index in [2.05, 4.69) is 22.6 Å². The number of hydrogen-bond donors (Lipinski definition) is 1. The molecule has 174 valence electrons. The molecule has 0 radical (unpaired) electrons. The van der Waals surface area contributed by atoms with E-state index < -0.39 is 12.0 Å². The van der Waals surface area contributed by atoms with E-state index >= 15 is 0 Å². The lowest BCUT2D eigenvalue weighted by Gasteiger charge is -2.17. The van der Waals surface area contributed by atoms with E-state index in [0.29, 0.717) is 22.2 Å². The SMILES string of the molecule is Cc1cc(C)c2c(Cn3c(=O)n(C(CC(=O)O)c4ccccc4)c4cc(C#N)ccc43)nsc2c1. The Bertz CT molecular complexity index is 1690. The van der Waals surface area contributed by atoms with Gasteiger partial charge in [0.1, 0.15) is 0 Å². The highest BCUT2D eigenvalue weighted by molar-refractivity contribution is 7.13.